The molecule has 0 unspecified atom stereocenters. The lowest BCUT2D eigenvalue weighted by Crippen LogP contribution is -2.31. The number of nitrogens with two attached hydrogens (primary N) is 2. The molecule has 0 bridgehead atoms. The van der Waals surface area contributed by atoms with Gasteiger partial charge in [0.2, 0.25) is 0 Å². The van der Waals surface area contributed by atoms with Gasteiger partial charge in [-0.3, -0.25) is 9.79 Å². The van der Waals surface area contributed by atoms with Gasteiger partial charge >= 0.3 is 5.97 Å². The number of carbonyl (C=O) groups is 1. The average Bonchev–Trinajstić information content (AvgIpc) is 2.22. The highest BCUT2D eigenvalue weighted by Crippen LogP contribution is 1.97. The molecular formula is C9H19N3O2. The van der Waals surface area contributed by atoms with E-state index in [2.05, 4.69) is 9.73 Å². The van der Waals surface area contributed by atoms with E-state index in [-0.39, 0.29) is 5.97 Å². The minimum atomic E-state index is -0.543. The van der Waals surface area contributed by atoms with Gasteiger partial charge in [-0.05, 0) is 12.8 Å². The first-order valence-corrected chi connectivity index (χ1v) is 4.74. The zero-order valence-electron chi connectivity index (χ0n) is 8.82. The van der Waals surface area contributed by atoms with Crippen molar-refractivity contribution in [2.75, 3.05) is 13.7 Å². The lowest BCUT2D eigenvalue weighted by Gasteiger charge is -2.07. The van der Waals surface area contributed by atoms with E-state index < -0.39 is 6.04 Å². The van der Waals surface area contributed by atoms with Crippen molar-refractivity contribution in [2.45, 2.75) is 32.2 Å². The maximum atomic E-state index is 10.9. The van der Waals surface area contributed by atoms with Crippen molar-refractivity contribution < 1.29 is 9.53 Å². The summed E-state index contributed by atoms with van der Waals surface area (Å²) in [6.07, 6.45) is 2.08. The summed E-state index contributed by atoms with van der Waals surface area (Å²) in [6, 6.07) is -0.543. The Kier molecular flexibility index (Phi) is 6.74. The van der Waals surface area contributed by atoms with Crippen LogP contribution in [0.4, 0.5) is 0 Å². The maximum absolute atomic E-state index is 10.9. The third-order valence-corrected chi connectivity index (χ3v) is 1.85. The number of esters is 1. The smallest absolute Gasteiger partial charge is 0.322 e. The van der Waals surface area contributed by atoms with E-state index in [1.807, 2.05) is 6.92 Å². The standard InChI is InChI=1S/C9H19N3O2/c1-3-8(11)12-6-4-5-7(10)9(13)14-2/h7H,3-6,10H2,1-2H3,(H2,11,12)/t7-/m0/s1. The second-order valence-electron chi connectivity index (χ2n) is 3.00. The molecule has 0 heterocycles. The minimum Gasteiger partial charge on any atom is -0.468 e. The van der Waals surface area contributed by atoms with Gasteiger partial charge in [0.1, 0.15) is 6.04 Å². The van der Waals surface area contributed by atoms with Crippen LogP contribution >= 0.6 is 0 Å². The van der Waals surface area contributed by atoms with Gasteiger partial charge in [-0.1, -0.05) is 6.92 Å². The molecule has 4 N–H and O–H groups in total. The van der Waals surface area contributed by atoms with Gasteiger partial charge < -0.3 is 16.2 Å². The molecular weight excluding hydrogens is 182 g/mol. The Morgan fingerprint density at radius 1 is 1.57 bits per heavy atom. The summed E-state index contributed by atoms with van der Waals surface area (Å²) >= 11 is 0. The van der Waals surface area contributed by atoms with Crippen molar-refractivity contribution in [1.29, 1.82) is 0 Å². The van der Waals surface area contributed by atoms with Gasteiger partial charge in [-0.15, -0.1) is 0 Å². The van der Waals surface area contributed by atoms with Crippen LogP contribution in [0.5, 0.6) is 0 Å². The number of amidine groups is 1. The normalized spacial score (nSPS) is 13.8. The largest absolute Gasteiger partial charge is 0.468 e. The molecule has 5 heteroatoms. The number of hydrogen-bond donors (Lipinski definition) is 2. The number of hydrogen-bond acceptors (Lipinski definition) is 4. The Bertz CT molecular complexity index is 204. The maximum Gasteiger partial charge on any atom is 0.322 e. The topological polar surface area (TPSA) is 90.7 Å². The van der Waals surface area contributed by atoms with Crippen LogP contribution in [0.15, 0.2) is 4.99 Å². The zero-order chi connectivity index (χ0) is 11.0. The Hall–Kier alpha value is -1.10. The molecule has 0 radical (unpaired) electrons. The summed E-state index contributed by atoms with van der Waals surface area (Å²) in [7, 11) is 1.33. The van der Waals surface area contributed by atoms with Crippen molar-refractivity contribution in [2.24, 2.45) is 16.5 Å². The van der Waals surface area contributed by atoms with E-state index in [4.69, 9.17) is 11.5 Å². The molecule has 5 nitrogen and oxygen atoms in total. The Balaban J connectivity index is 3.59. The van der Waals surface area contributed by atoms with Crippen molar-refractivity contribution in [3.05, 3.63) is 0 Å². The molecule has 82 valence electrons. The first kappa shape index (κ1) is 12.9. The molecule has 1 atom stereocenters. The third kappa shape index (κ3) is 5.53. The van der Waals surface area contributed by atoms with Crippen LogP contribution in [0, 0.1) is 0 Å². The molecule has 0 spiro atoms. The van der Waals surface area contributed by atoms with Crippen molar-refractivity contribution >= 4 is 11.8 Å². The predicted molar refractivity (Wildman–Crippen MR) is 56.0 cm³/mol. The molecule has 0 amide bonds. The van der Waals surface area contributed by atoms with Crippen molar-refractivity contribution in [3.63, 3.8) is 0 Å². The minimum absolute atomic E-state index is 0.377. The molecule has 0 rings (SSSR count). The summed E-state index contributed by atoms with van der Waals surface area (Å²) in [6.45, 7) is 2.56. The summed E-state index contributed by atoms with van der Waals surface area (Å²) in [5.74, 6) is 0.258. The van der Waals surface area contributed by atoms with E-state index in [0.717, 1.165) is 12.8 Å². The van der Waals surface area contributed by atoms with Crippen molar-refractivity contribution in [3.8, 4) is 0 Å². The first-order chi connectivity index (χ1) is 6.61. The van der Waals surface area contributed by atoms with Crippen LogP contribution in [0.1, 0.15) is 26.2 Å². The molecule has 0 saturated heterocycles. The van der Waals surface area contributed by atoms with Gasteiger partial charge in [0.25, 0.3) is 0 Å². The molecule has 0 aromatic heterocycles. The molecule has 0 aromatic carbocycles. The van der Waals surface area contributed by atoms with E-state index in [1.165, 1.54) is 7.11 Å². The number of nitrogens with zero attached hydrogens (tertiary/aromatic N) is 1. The van der Waals surface area contributed by atoms with Gasteiger partial charge in [-0.2, -0.15) is 0 Å². The van der Waals surface area contributed by atoms with Crippen LogP contribution in [-0.2, 0) is 9.53 Å². The molecule has 0 aliphatic rings. The van der Waals surface area contributed by atoms with Crippen LogP contribution in [0.25, 0.3) is 0 Å². The number of methoxy groups -OCH3 is 1. The zero-order valence-corrected chi connectivity index (χ0v) is 8.82. The number of carbonyl (C=O) groups excluding carboxylic acids is 1. The van der Waals surface area contributed by atoms with E-state index in [9.17, 15) is 4.79 Å². The average molecular weight is 201 g/mol. The Morgan fingerprint density at radius 3 is 2.71 bits per heavy atom. The van der Waals surface area contributed by atoms with E-state index in [1.54, 1.807) is 0 Å². The number of aliphatic imine (C=N–C) groups is 1. The molecule has 14 heavy (non-hydrogen) atoms. The van der Waals surface area contributed by atoms with Crippen LogP contribution in [0.3, 0.4) is 0 Å². The summed E-state index contributed by atoms with van der Waals surface area (Å²) in [5.41, 5.74) is 11.0. The summed E-state index contributed by atoms with van der Waals surface area (Å²) in [5, 5.41) is 0. The molecule has 0 aliphatic heterocycles. The van der Waals surface area contributed by atoms with Crippen LogP contribution in [0.2, 0.25) is 0 Å². The lowest BCUT2D eigenvalue weighted by molar-refractivity contribution is -0.142. The second-order valence-corrected chi connectivity index (χ2v) is 3.00. The highest BCUT2D eigenvalue weighted by Gasteiger charge is 2.12. The van der Waals surface area contributed by atoms with Crippen LogP contribution < -0.4 is 11.5 Å². The third-order valence-electron chi connectivity index (χ3n) is 1.85. The summed E-state index contributed by atoms with van der Waals surface area (Å²) < 4.78 is 4.49. The van der Waals surface area contributed by atoms with Crippen molar-refractivity contribution in [1.82, 2.24) is 0 Å². The molecule has 0 aliphatic carbocycles. The molecule has 0 fully saturated rings. The first-order valence-electron chi connectivity index (χ1n) is 4.74. The fourth-order valence-electron chi connectivity index (χ4n) is 0.915. The van der Waals surface area contributed by atoms with Gasteiger partial charge in [0.15, 0.2) is 0 Å². The second kappa shape index (κ2) is 7.32. The van der Waals surface area contributed by atoms with Gasteiger partial charge in [0, 0.05) is 13.0 Å². The predicted octanol–water partition coefficient (Wildman–Crippen LogP) is 0.0341. The highest BCUT2D eigenvalue weighted by atomic mass is 16.5. The van der Waals surface area contributed by atoms with E-state index in [0.29, 0.717) is 18.8 Å². The number of rotatable bonds is 6. The highest BCUT2D eigenvalue weighted by molar-refractivity contribution is 5.79. The Labute approximate surface area is 84.5 Å². The lowest BCUT2D eigenvalue weighted by atomic mass is 10.2. The quantitative estimate of drug-likeness (QED) is 0.274. The monoisotopic (exact) mass is 201 g/mol. The van der Waals surface area contributed by atoms with Gasteiger partial charge in [-0.25, -0.2) is 0 Å². The molecule has 0 saturated carbocycles. The SMILES string of the molecule is CCC(N)=NCCC[C@H](N)C(=O)OC. The fourth-order valence-corrected chi connectivity index (χ4v) is 0.915. The van der Waals surface area contributed by atoms with E-state index >= 15 is 0 Å². The molecule has 0 aromatic rings. The number of ether oxygens (including phenoxy) is 1. The fraction of sp³-hybridized carbons (Fsp3) is 0.778. The van der Waals surface area contributed by atoms with Crippen LogP contribution in [-0.4, -0.2) is 31.5 Å². The Morgan fingerprint density at radius 2 is 2.21 bits per heavy atom. The summed E-state index contributed by atoms with van der Waals surface area (Å²) in [4.78, 5) is 15.0. The van der Waals surface area contributed by atoms with Gasteiger partial charge in [0.05, 0.1) is 12.9 Å².